The van der Waals surface area contributed by atoms with Crippen LogP contribution in [0.2, 0.25) is 0 Å². The molecule has 3 heterocycles. The number of sulfone groups is 1. The van der Waals surface area contributed by atoms with Crippen LogP contribution < -0.4 is 10.1 Å². The fraction of sp³-hybridized carbons (Fsp3) is 0.200. The third kappa shape index (κ3) is 5.79. The van der Waals surface area contributed by atoms with E-state index >= 15 is 0 Å². The maximum atomic E-state index is 12.6. The van der Waals surface area contributed by atoms with Crippen molar-refractivity contribution in [3.63, 3.8) is 0 Å². The minimum absolute atomic E-state index is 0.102. The van der Waals surface area contributed by atoms with Crippen molar-refractivity contribution in [1.82, 2.24) is 20.3 Å². The lowest BCUT2D eigenvalue weighted by atomic mass is 10.1. The fourth-order valence-corrected chi connectivity index (χ4v) is 4.49. The number of nitrogens with one attached hydrogen (secondary N) is 1. The van der Waals surface area contributed by atoms with Gasteiger partial charge in [0.25, 0.3) is 5.91 Å². The van der Waals surface area contributed by atoms with Crippen LogP contribution in [0.15, 0.2) is 65.7 Å². The second kappa shape index (κ2) is 10.2. The summed E-state index contributed by atoms with van der Waals surface area (Å²) in [6, 6.07) is 15.4. The van der Waals surface area contributed by atoms with Crippen LogP contribution in [-0.2, 0) is 16.4 Å². The molecule has 0 bridgehead atoms. The van der Waals surface area contributed by atoms with Crippen molar-refractivity contribution in [1.29, 1.82) is 0 Å². The summed E-state index contributed by atoms with van der Waals surface area (Å²) < 4.78 is 29.3. The average Bonchev–Trinajstić information content (AvgIpc) is 2.85. The van der Waals surface area contributed by atoms with Crippen LogP contribution >= 0.6 is 0 Å². The predicted molar refractivity (Wildman–Crippen MR) is 131 cm³/mol. The normalized spacial score (nSPS) is 11.4. The number of aryl methyl sites for hydroxylation is 1. The molecule has 0 spiro atoms. The number of aliphatic hydroxyl groups excluding tert-OH is 1. The van der Waals surface area contributed by atoms with E-state index in [4.69, 9.17) is 9.84 Å². The van der Waals surface area contributed by atoms with Gasteiger partial charge < -0.3 is 15.2 Å². The second-order valence-corrected chi connectivity index (χ2v) is 9.92. The van der Waals surface area contributed by atoms with E-state index in [-0.39, 0.29) is 30.2 Å². The average molecular weight is 493 g/mol. The zero-order valence-corrected chi connectivity index (χ0v) is 20.0. The highest BCUT2D eigenvalue weighted by molar-refractivity contribution is 7.90. The zero-order chi connectivity index (χ0) is 25.0. The van der Waals surface area contributed by atoms with E-state index in [1.54, 1.807) is 43.5 Å². The summed E-state index contributed by atoms with van der Waals surface area (Å²) in [7, 11) is -3.44. The van der Waals surface area contributed by atoms with Crippen LogP contribution in [0.25, 0.3) is 22.3 Å². The minimum atomic E-state index is -3.44. The van der Waals surface area contributed by atoms with Crippen LogP contribution in [0.1, 0.15) is 21.6 Å². The van der Waals surface area contributed by atoms with Gasteiger partial charge in [-0.2, -0.15) is 0 Å². The molecule has 4 rings (SSSR count). The van der Waals surface area contributed by atoms with Crippen molar-refractivity contribution in [3.05, 3.63) is 77.6 Å². The molecule has 10 heteroatoms. The van der Waals surface area contributed by atoms with Crippen molar-refractivity contribution < 1.29 is 23.1 Å². The SMILES string of the molecule is Cc1ccc(C(=O)NCc2cc3nc(-c4cccc(OCCO)n4)ccc3cn2)cc1S(C)(=O)=O. The van der Waals surface area contributed by atoms with Crippen molar-refractivity contribution in [2.24, 2.45) is 0 Å². The Morgan fingerprint density at radius 2 is 1.86 bits per heavy atom. The van der Waals surface area contributed by atoms with E-state index in [1.165, 1.54) is 6.07 Å². The van der Waals surface area contributed by atoms with E-state index in [0.717, 1.165) is 11.6 Å². The van der Waals surface area contributed by atoms with Gasteiger partial charge >= 0.3 is 0 Å². The zero-order valence-electron chi connectivity index (χ0n) is 19.2. The van der Waals surface area contributed by atoms with Gasteiger partial charge in [-0.25, -0.2) is 18.4 Å². The topological polar surface area (TPSA) is 131 Å². The highest BCUT2D eigenvalue weighted by atomic mass is 32.2. The molecule has 1 aromatic carbocycles. The Labute approximate surface area is 202 Å². The number of aliphatic hydroxyl groups is 1. The summed E-state index contributed by atoms with van der Waals surface area (Å²) in [6.45, 7) is 1.88. The Morgan fingerprint density at radius 1 is 1.06 bits per heavy atom. The van der Waals surface area contributed by atoms with Gasteiger partial charge in [-0.05, 0) is 48.9 Å². The van der Waals surface area contributed by atoms with E-state index < -0.39 is 15.7 Å². The number of carbonyl (C=O) groups is 1. The molecule has 9 nitrogen and oxygen atoms in total. The van der Waals surface area contributed by atoms with Crippen molar-refractivity contribution >= 4 is 26.6 Å². The Balaban J connectivity index is 1.53. The van der Waals surface area contributed by atoms with Crippen molar-refractivity contribution in [2.75, 3.05) is 19.5 Å². The number of amides is 1. The molecule has 2 N–H and O–H groups in total. The number of ether oxygens (including phenoxy) is 1. The number of benzene rings is 1. The second-order valence-electron chi connectivity index (χ2n) is 7.93. The van der Waals surface area contributed by atoms with Gasteiger partial charge in [-0.3, -0.25) is 9.78 Å². The Hall–Kier alpha value is -3.89. The first-order valence-corrected chi connectivity index (χ1v) is 12.7. The van der Waals surface area contributed by atoms with Crippen LogP contribution in [-0.4, -0.2) is 53.9 Å². The molecule has 180 valence electrons. The lowest BCUT2D eigenvalue weighted by Crippen LogP contribution is -2.23. The molecule has 0 aliphatic rings. The van der Waals surface area contributed by atoms with E-state index in [0.29, 0.717) is 34.0 Å². The van der Waals surface area contributed by atoms with Gasteiger partial charge in [-0.1, -0.05) is 12.1 Å². The smallest absolute Gasteiger partial charge is 0.251 e. The highest BCUT2D eigenvalue weighted by Crippen LogP contribution is 2.22. The van der Waals surface area contributed by atoms with Crippen LogP contribution in [0.5, 0.6) is 5.88 Å². The Bertz CT molecular complexity index is 1510. The van der Waals surface area contributed by atoms with E-state index in [2.05, 4.69) is 20.3 Å². The van der Waals surface area contributed by atoms with Gasteiger partial charge in [0.15, 0.2) is 9.84 Å². The molecule has 0 aliphatic heterocycles. The summed E-state index contributed by atoms with van der Waals surface area (Å²) in [6.07, 6.45) is 2.79. The molecule has 0 saturated heterocycles. The molecule has 0 atom stereocenters. The van der Waals surface area contributed by atoms with Crippen LogP contribution in [0.3, 0.4) is 0 Å². The first-order chi connectivity index (χ1) is 16.7. The molecular weight excluding hydrogens is 468 g/mol. The first kappa shape index (κ1) is 24.2. The number of pyridine rings is 3. The van der Waals surface area contributed by atoms with Crippen molar-refractivity contribution in [3.8, 4) is 17.3 Å². The quantitative estimate of drug-likeness (QED) is 0.384. The van der Waals surface area contributed by atoms with Crippen molar-refractivity contribution in [2.45, 2.75) is 18.4 Å². The van der Waals surface area contributed by atoms with Gasteiger partial charge in [0.1, 0.15) is 6.61 Å². The lowest BCUT2D eigenvalue weighted by Gasteiger charge is -2.09. The minimum Gasteiger partial charge on any atom is -0.475 e. The van der Waals surface area contributed by atoms with Crippen LogP contribution in [0.4, 0.5) is 0 Å². The number of carbonyl (C=O) groups excluding carboxylic acids is 1. The summed E-state index contributed by atoms with van der Waals surface area (Å²) in [5.74, 6) is -0.00545. The highest BCUT2D eigenvalue weighted by Gasteiger charge is 2.15. The molecule has 0 radical (unpaired) electrons. The van der Waals surface area contributed by atoms with Gasteiger partial charge in [0.05, 0.1) is 40.6 Å². The third-order valence-electron chi connectivity index (χ3n) is 5.24. The van der Waals surface area contributed by atoms with Gasteiger partial charge in [-0.15, -0.1) is 0 Å². The summed E-state index contributed by atoms with van der Waals surface area (Å²) in [4.78, 5) is 26.2. The van der Waals surface area contributed by atoms with Gasteiger partial charge in [0.2, 0.25) is 5.88 Å². The lowest BCUT2D eigenvalue weighted by molar-refractivity contribution is 0.0950. The monoisotopic (exact) mass is 492 g/mol. The molecule has 35 heavy (non-hydrogen) atoms. The number of hydrogen-bond acceptors (Lipinski definition) is 8. The molecule has 4 aromatic rings. The molecule has 0 aliphatic carbocycles. The largest absolute Gasteiger partial charge is 0.475 e. The molecular formula is C25H24N4O5S. The van der Waals surface area contributed by atoms with E-state index in [1.807, 2.05) is 18.2 Å². The number of hydrogen-bond donors (Lipinski definition) is 2. The summed E-state index contributed by atoms with van der Waals surface area (Å²) in [5, 5.41) is 12.5. The molecule has 0 unspecified atom stereocenters. The predicted octanol–water partition coefficient (Wildman–Crippen LogP) is 2.70. The molecule has 0 fully saturated rings. The van der Waals surface area contributed by atoms with Gasteiger partial charge in [0, 0.05) is 29.5 Å². The van der Waals surface area contributed by atoms with Crippen LogP contribution in [0, 0.1) is 6.92 Å². The summed E-state index contributed by atoms with van der Waals surface area (Å²) in [5.41, 5.74) is 3.38. The number of nitrogens with zero attached hydrogens (tertiary/aromatic N) is 3. The Kier molecular flexibility index (Phi) is 7.04. The Morgan fingerprint density at radius 3 is 2.63 bits per heavy atom. The first-order valence-electron chi connectivity index (χ1n) is 10.8. The van der Waals surface area contributed by atoms with E-state index in [9.17, 15) is 13.2 Å². The number of rotatable bonds is 8. The molecule has 0 saturated carbocycles. The summed E-state index contributed by atoms with van der Waals surface area (Å²) >= 11 is 0. The maximum absolute atomic E-state index is 12.6. The number of aromatic nitrogens is 3. The molecule has 1 amide bonds. The molecule has 3 aromatic heterocycles. The maximum Gasteiger partial charge on any atom is 0.251 e. The fourth-order valence-electron chi connectivity index (χ4n) is 3.50. The third-order valence-corrected chi connectivity index (χ3v) is 6.48. The number of fused-ring (bicyclic) bond motifs is 1. The standard InChI is InChI=1S/C25H24N4O5S/c1-16-6-7-17(12-23(16)35(2,32)33)25(31)27-15-19-13-22-18(14-26-19)8-9-21(28-22)20-4-3-5-24(29-20)34-11-10-30/h3-9,12-14,30H,10-11,15H2,1-2H3,(H,27,31).